The lowest BCUT2D eigenvalue weighted by Gasteiger charge is -2.29. The van der Waals surface area contributed by atoms with E-state index in [2.05, 4.69) is 16.0 Å². The van der Waals surface area contributed by atoms with E-state index in [1.807, 2.05) is 54.6 Å². The number of carbonyl (C=O) groups is 2. The topological polar surface area (TPSA) is 88.7 Å². The average molecular weight is 395 g/mol. The van der Waals surface area contributed by atoms with Gasteiger partial charge in [-0.25, -0.2) is 9.59 Å². The second-order valence-electron chi connectivity index (χ2n) is 6.51. The Morgan fingerprint density at radius 3 is 2.62 bits per heavy atom. The summed E-state index contributed by atoms with van der Waals surface area (Å²) in [6.45, 7) is 2.87. The molecule has 152 valence electrons. The predicted octanol–water partition coefficient (Wildman–Crippen LogP) is 2.66. The van der Waals surface area contributed by atoms with Gasteiger partial charge in [0.15, 0.2) is 0 Å². The minimum Gasteiger partial charge on any atom is -0.497 e. The van der Waals surface area contributed by atoms with Gasteiger partial charge in [-0.1, -0.05) is 42.5 Å². The number of hydrogen-bond acceptors (Lipinski definition) is 5. The van der Waals surface area contributed by atoms with E-state index in [1.54, 1.807) is 14.0 Å². The zero-order valence-corrected chi connectivity index (χ0v) is 16.5. The molecule has 0 saturated heterocycles. The number of urea groups is 1. The molecule has 1 aliphatic heterocycles. The largest absolute Gasteiger partial charge is 0.497 e. The Labute approximate surface area is 170 Å². The van der Waals surface area contributed by atoms with Crippen molar-refractivity contribution in [2.45, 2.75) is 19.5 Å². The zero-order chi connectivity index (χ0) is 20.6. The van der Waals surface area contributed by atoms with Crippen molar-refractivity contribution in [1.29, 1.82) is 0 Å². The average Bonchev–Trinajstić information content (AvgIpc) is 2.74. The lowest BCUT2D eigenvalue weighted by molar-refractivity contribution is -0.139. The molecule has 2 aromatic carbocycles. The molecule has 1 unspecified atom stereocenters. The minimum atomic E-state index is -0.572. The molecule has 1 atom stereocenters. The number of benzene rings is 2. The van der Waals surface area contributed by atoms with Crippen molar-refractivity contribution in [2.75, 3.05) is 20.3 Å². The van der Waals surface area contributed by atoms with E-state index in [0.29, 0.717) is 24.4 Å². The second kappa shape index (κ2) is 9.75. The van der Waals surface area contributed by atoms with E-state index < -0.39 is 12.0 Å². The highest BCUT2D eigenvalue weighted by atomic mass is 16.5. The van der Waals surface area contributed by atoms with Crippen LogP contribution in [0.4, 0.5) is 4.79 Å². The molecule has 0 saturated carbocycles. The van der Waals surface area contributed by atoms with Crippen molar-refractivity contribution in [3.63, 3.8) is 0 Å². The van der Waals surface area contributed by atoms with Crippen LogP contribution in [0.25, 0.3) is 0 Å². The van der Waals surface area contributed by atoms with Gasteiger partial charge in [-0.2, -0.15) is 0 Å². The first-order valence-electron chi connectivity index (χ1n) is 9.48. The molecule has 7 nitrogen and oxygen atoms in total. The standard InChI is InChI=1S/C22H25N3O4/c1-3-29-21(26)19-18(14-23-13-15-8-7-11-17(12-15)28-2)24-22(27)25-20(19)16-9-5-4-6-10-16/h4-12,20,23H,3,13-14H2,1-2H3,(H2,24,25,27). The molecule has 1 aliphatic rings. The van der Waals surface area contributed by atoms with E-state index in [1.165, 1.54) is 0 Å². The van der Waals surface area contributed by atoms with Gasteiger partial charge in [0.25, 0.3) is 0 Å². The molecule has 0 spiro atoms. The van der Waals surface area contributed by atoms with Gasteiger partial charge in [0.1, 0.15) is 5.75 Å². The van der Waals surface area contributed by atoms with Crippen molar-refractivity contribution >= 4 is 12.0 Å². The molecular formula is C22H25N3O4. The van der Waals surface area contributed by atoms with Crippen LogP contribution in [0.5, 0.6) is 5.75 Å². The van der Waals surface area contributed by atoms with Crippen LogP contribution in [0.3, 0.4) is 0 Å². The van der Waals surface area contributed by atoms with Crippen molar-refractivity contribution in [3.8, 4) is 5.75 Å². The number of amides is 2. The van der Waals surface area contributed by atoms with Gasteiger partial charge < -0.3 is 25.4 Å². The summed E-state index contributed by atoms with van der Waals surface area (Å²) in [6, 6.07) is 16.1. The molecule has 0 aliphatic carbocycles. The lowest BCUT2D eigenvalue weighted by atomic mass is 9.95. The number of methoxy groups -OCH3 is 1. The fraction of sp³-hybridized carbons (Fsp3) is 0.273. The van der Waals surface area contributed by atoms with Gasteiger partial charge in [-0.15, -0.1) is 0 Å². The SMILES string of the molecule is CCOC(=O)C1=C(CNCc2cccc(OC)c2)NC(=O)NC1c1ccccc1. The first-order chi connectivity index (χ1) is 14.1. The molecule has 3 N–H and O–H groups in total. The minimum absolute atomic E-state index is 0.252. The Morgan fingerprint density at radius 1 is 1.10 bits per heavy atom. The highest BCUT2D eigenvalue weighted by molar-refractivity contribution is 5.95. The number of hydrogen-bond donors (Lipinski definition) is 3. The second-order valence-corrected chi connectivity index (χ2v) is 6.51. The predicted molar refractivity (Wildman–Crippen MR) is 109 cm³/mol. The first kappa shape index (κ1) is 20.4. The number of nitrogens with one attached hydrogen (secondary N) is 3. The summed E-state index contributed by atoms with van der Waals surface area (Å²) in [5.74, 6) is 0.321. The van der Waals surface area contributed by atoms with E-state index >= 15 is 0 Å². The van der Waals surface area contributed by atoms with Gasteiger partial charge in [-0.3, -0.25) is 0 Å². The highest BCUT2D eigenvalue weighted by Gasteiger charge is 2.33. The van der Waals surface area contributed by atoms with E-state index in [9.17, 15) is 9.59 Å². The Bertz CT molecular complexity index is 896. The van der Waals surface area contributed by atoms with Crippen LogP contribution in [-0.2, 0) is 16.1 Å². The van der Waals surface area contributed by atoms with Crippen LogP contribution in [0, 0.1) is 0 Å². The molecule has 0 bridgehead atoms. The number of ether oxygens (including phenoxy) is 2. The maximum atomic E-state index is 12.7. The fourth-order valence-electron chi connectivity index (χ4n) is 3.22. The van der Waals surface area contributed by atoms with E-state index in [-0.39, 0.29) is 12.6 Å². The third kappa shape index (κ3) is 5.14. The molecule has 0 aromatic heterocycles. The van der Waals surface area contributed by atoms with Gasteiger partial charge in [0.05, 0.1) is 25.3 Å². The van der Waals surface area contributed by atoms with Crippen molar-refractivity contribution in [3.05, 3.63) is 77.0 Å². The van der Waals surface area contributed by atoms with E-state index in [0.717, 1.165) is 16.9 Å². The van der Waals surface area contributed by atoms with Crippen LogP contribution in [-0.4, -0.2) is 32.3 Å². The molecule has 2 aromatic rings. The number of esters is 1. The van der Waals surface area contributed by atoms with Crippen LogP contribution >= 0.6 is 0 Å². The van der Waals surface area contributed by atoms with Crippen molar-refractivity contribution in [1.82, 2.24) is 16.0 Å². The number of carbonyl (C=O) groups excluding carboxylic acids is 2. The zero-order valence-electron chi connectivity index (χ0n) is 16.5. The summed E-state index contributed by atoms with van der Waals surface area (Å²) in [4.78, 5) is 24.9. The molecule has 0 fully saturated rings. The highest BCUT2D eigenvalue weighted by Crippen LogP contribution is 2.27. The molecular weight excluding hydrogens is 370 g/mol. The maximum Gasteiger partial charge on any atom is 0.338 e. The summed E-state index contributed by atoms with van der Waals surface area (Å²) < 4.78 is 10.5. The Balaban J connectivity index is 1.84. The third-order valence-corrected chi connectivity index (χ3v) is 4.55. The van der Waals surface area contributed by atoms with Crippen LogP contribution in [0.15, 0.2) is 65.9 Å². The lowest BCUT2D eigenvalue weighted by Crippen LogP contribution is -2.48. The van der Waals surface area contributed by atoms with Crippen LogP contribution < -0.4 is 20.7 Å². The van der Waals surface area contributed by atoms with Gasteiger partial charge in [0.2, 0.25) is 0 Å². The number of rotatable bonds is 8. The summed E-state index contributed by atoms with van der Waals surface area (Å²) in [7, 11) is 1.62. The van der Waals surface area contributed by atoms with Crippen LogP contribution in [0.2, 0.25) is 0 Å². The normalized spacial score (nSPS) is 16.1. The molecule has 2 amide bonds. The Morgan fingerprint density at radius 2 is 1.90 bits per heavy atom. The summed E-state index contributed by atoms with van der Waals surface area (Å²) in [6.07, 6.45) is 0. The van der Waals surface area contributed by atoms with Crippen molar-refractivity contribution < 1.29 is 19.1 Å². The van der Waals surface area contributed by atoms with Gasteiger partial charge in [0, 0.05) is 18.8 Å². The first-order valence-corrected chi connectivity index (χ1v) is 9.48. The summed E-state index contributed by atoms with van der Waals surface area (Å²) in [5, 5.41) is 8.86. The molecule has 7 heteroatoms. The smallest absolute Gasteiger partial charge is 0.338 e. The van der Waals surface area contributed by atoms with Crippen molar-refractivity contribution in [2.24, 2.45) is 0 Å². The monoisotopic (exact) mass is 395 g/mol. The molecule has 3 rings (SSSR count). The van der Waals surface area contributed by atoms with Gasteiger partial charge in [-0.05, 0) is 30.2 Å². The maximum absolute atomic E-state index is 12.7. The van der Waals surface area contributed by atoms with Crippen LogP contribution in [0.1, 0.15) is 24.1 Å². The Hall–Kier alpha value is -3.32. The van der Waals surface area contributed by atoms with E-state index in [4.69, 9.17) is 9.47 Å². The van der Waals surface area contributed by atoms with Gasteiger partial charge >= 0.3 is 12.0 Å². The summed E-state index contributed by atoms with van der Waals surface area (Å²) >= 11 is 0. The molecule has 0 radical (unpaired) electrons. The Kier molecular flexibility index (Phi) is 6.86. The fourth-order valence-corrected chi connectivity index (χ4v) is 3.22. The third-order valence-electron chi connectivity index (χ3n) is 4.55. The molecule has 29 heavy (non-hydrogen) atoms. The quantitative estimate of drug-likeness (QED) is 0.598. The molecule has 1 heterocycles. The summed E-state index contributed by atoms with van der Waals surface area (Å²) in [5.41, 5.74) is 2.75.